The Balaban J connectivity index is 1.22. The van der Waals surface area contributed by atoms with Crippen LogP contribution < -0.4 is 0 Å². The third-order valence-corrected chi connectivity index (χ3v) is 7.57. The number of amides is 2. The molecule has 0 spiro atoms. The summed E-state index contributed by atoms with van der Waals surface area (Å²) in [7, 11) is 0. The van der Waals surface area contributed by atoms with Gasteiger partial charge in [0, 0.05) is 57.1 Å². The van der Waals surface area contributed by atoms with Crippen molar-refractivity contribution in [3.05, 3.63) is 65.9 Å². The molecule has 2 aromatic heterocycles. The number of hydrogen-bond donors (Lipinski definition) is 0. The van der Waals surface area contributed by atoms with E-state index in [1.165, 1.54) is 10.9 Å². The molecule has 2 saturated heterocycles. The van der Waals surface area contributed by atoms with Crippen molar-refractivity contribution < 1.29 is 9.59 Å². The lowest BCUT2D eigenvalue weighted by Gasteiger charge is -2.33. The van der Waals surface area contributed by atoms with Crippen molar-refractivity contribution in [3.63, 3.8) is 0 Å². The van der Waals surface area contributed by atoms with Gasteiger partial charge >= 0.3 is 0 Å². The van der Waals surface area contributed by atoms with Crippen LogP contribution in [0.25, 0.3) is 10.9 Å². The molecule has 1 atom stereocenters. The molecule has 182 valence electrons. The Bertz CT molecular complexity index is 1200. The van der Waals surface area contributed by atoms with Crippen molar-refractivity contribution in [2.24, 2.45) is 11.8 Å². The topological polar surface area (TPSA) is 79.3 Å². The van der Waals surface area contributed by atoms with Gasteiger partial charge in [0.05, 0.1) is 11.2 Å². The zero-order valence-electron chi connectivity index (χ0n) is 20.4. The van der Waals surface area contributed by atoms with E-state index in [0.29, 0.717) is 24.0 Å². The molecule has 35 heavy (non-hydrogen) atoms. The molecule has 0 bridgehead atoms. The zero-order chi connectivity index (χ0) is 24.2. The number of hydrogen-bond acceptors (Lipinski definition) is 5. The maximum atomic E-state index is 13.4. The first-order valence-electron chi connectivity index (χ1n) is 12.8. The van der Waals surface area contributed by atoms with Crippen LogP contribution in [0.5, 0.6) is 0 Å². The molecule has 2 aliphatic rings. The molecule has 5 rings (SSSR count). The molecular weight excluding hydrogens is 438 g/mol. The Labute approximate surface area is 206 Å². The minimum absolute atomic E-state index is 0.0138. The van der Waals surface area contributed by atoms with Gasteiger partial charge in [-0.25, -0.2) is 4.98 Å². The summed E-state index contributed by atoms with van der Waals surface area (Å²) < 4.78 is 0. The summed E-state index contributed by atoms with van der Waals surface area (Å²) in [5.41, 5.74) is 3.62. The summed E-state index contributed by atoms with van der Waals surface area (Å²) in [5.74, 6) is 0.968. The second kappa shape index (κ2) is 10.5. The Morgan fingerprint density at radius 1 is 0.857 bits per heavy atom. The van der Waals surface area contributed by atoms with Gasteiger partial charge in [0.25, 0.3) is 5.91 Å². The predicted octanol–water partition coefficient (Wildman–Crippen LogP) is 3.92. The summed E-state index contributed by atoms with van der Waals surface area (Å²) in [5, 5.41) is 1.23. The summed E-state index contributed by atoms with van der Waals surface area (Å²) in [4.78, 5) is 42.6. The second-order valence-electron chi connectivity index (χ2n) is 9.96. The van der Waals surface area contributed by atoms with Crippen LogP contribution in [0.4, 0.5) is 0 Å². The van der Waals surface area contributed by atoms with E-state index >= 15 is 0 Å². The Hall–Kier alpha value is -3.35. The van der Waals surface area contributed by atoms with Gasteiger partial charge < -0.3 is 9.80 Å². The Morgan fingerprint density at radius 2 is 1.69 bits per heavy atom. The molecule has 0 radical (unpaired) electrons. The largest absolute Gasteiger partial charge is 0.343 e. The monoisotopic (exact) mass is 471 g/mol. The predicted molar refractivity (Wildman–Crippen MR) is 135 cm³/mol. The van der Waals surface area contributed by atoms with Crippen LogP contribution in [-0.2, 0) is 17.6 Å². The molecule has 4 heterocycles. The lowest BCUT2D eigenvalue weighted by Crippen LogP contribution is -2.41. The molecule has 1 aromatic carbocycles. The van der Waals surface area contributed by atoms with Gasteiger partial charge in [-0.2, -0.15) is 0 Å². The summed E-state index contributed by atoms with van der Waals surface area (Å²) in [6, 6.07) is 10.5. The van der Waals surface area contributed by atoms with Crippen molar-refractivity contribution in [1.82, 2.24) is 24.8 Å². The van der Waals surface area contributed by atoms with Crippen molar-refractivity contribution in [1.29, 1.82) is 0 Å². The fraction of sp³-hybridized carbons (Fsp3) is 0.464. The molecule has 0 saturated carbocycles. The minimum atomic E-state index is -0.0138. The summed E-state index contributed by atoms with van der Waals surface area (Å²) in [6.45, 7) is 4.66. The average molecular weight is 472 g/mol. The van der Waals surface area contributed by atoms with Gasteiger partial charge in [-0.3, -0.25) is 19.6 Å². The van der Waals surface area contributed by atoms with Crippen LogP contribution in [0.15, 0.2) is 48.9 Å². The smallest absolute Gasteiger partial charge is 0.274 e. The Kier molecular flexibility index (Phi) is 7.02. The van der Waals surface area contributed by atoms with Crippen LogP contribution in [-0.4, -0.2) is 62.7 Å². The number of nitrogens with zero attached hydrogens (tertiary/aromatic N) is 5. The van der Waals surface area contributed by atoms with E-state index in [1.807, 2.05) is 22.1 Å². The molecule has 7 heteroatoms. The van der Waals surface area contributed by atoms with Crippen molar-refractivity contribution >= 4 is 22.7 Å². The number of carbonyl (C=O) groups excluding carboxylic acids is 2. The van der Waals surface area contributed by atoms with Gasteiger partial charge in [-0.1, -0.05) is 18.2 Å². The summed E-state index contributed by atoms with van der Waals surface area (Å²) >= 11 is 0. The van der Waals surface area contributed by atoms with E-state index in [0.717, 1.165) is 69.5 Å². The molecule has 0 N–H and O–H groups in total. The summed E-state index contributed by atoms with van der Waals surface area (Å²) in [6.07, 6.45) is 10.8. The lowest BCUT2D eigenvalue weighted by atomic mass is 9.88. The molecule has 2 aliphatic heterocycles. The number of pyridine rings is 1. The molecule has 2 fully saturated rings. The zero-order valence-corrected chi connectivity index (χ0v) is 20.4. The normalized spacial score (nSPS) is 19.2. The highest BCUT2D eigenvalue weighted by atomic mass is 16.2. The van der Waals surface area contributed by atoms with Crippen LogP contribution >= 0.6 is 0 Å². The van der Waals surface area contributed by atoms with Crippen LogP contribution in [0.2, 0.25) is 0 Å². The highest BCUT2D eigenvalue weighted by Gasteiger charge is 2.29. The Morgan fingerprint density at radius 3 is 2.51 bits per heavy atom. The number of likely N-dealkylation sites (tertiary alicyclic amines) is 2. The van der Waals surface area contributed by atoms with E-state index < -0.39 is 0 Å². The first-order valence-corrected chi connectivity index (χ1v) is 12.8. The fourth-order valence-electron chi connectivity index (χ4n) is 5.63. The highest BCUT2D eigenvalue weighted by molar-refractivity contribution is 5.93. The average Bonchev–Trinajstić information content (AvgIpc) is 2.89. The molecule has 1 unspecified atom stereocenters. The number of fused-ring (bicyclic) bond motifs is 1. The number of rotatable bonds is 5. The quantitative estimate of drug-likeness (QED) is 0.564. The lowest BCUT2D eigenvalue weighted by molar-refractivity contribution is -0.130. The molecule has 2 amide bonds. The van der Waals surface area contributed by atoms with E-state index in [9.17, 15) is 9.59 Å². The van der Waals surface area contributed by atoms with E-state index in [-0.39, 0.29) is 11.8 Å². The second-order valence-corrected chi connectivity index (χ2v) is 9.96. The SMILES string of the molecule is CC(=O)N1CCCC(Cc2nccnc2C(=O)N2CCC(Cc3cccc4ncccc34)CC2)C1. The van der Waals surface area contributed by atoms with Gasteiger partial charge in [0.15, 0.2) is 0 Å². The van der Waals surface area contributed by atoms with Crippen LogP contribution in [0.3, 0.4) is 0 Å². The van der Waals surface area contributed by atoms with Gasteiger partial charge in [0.1, 0.15) is 5.69 Å². The van der Waals surface area contributed by atoms with Crippen molar-refractivity contribution in [2.45, 2.75) is 45.4 Å². The third kappa shape index (κ3) is 5.34. The fourth-order valence-corrected chi connectivity index (χ4v) is 5.63. The highest BCUT2D eigenvalue weighted by Crippen LogP contribution is 2.27. The molecular formula is C28H33N5O2. The van der Waals surface area contributed by atoms with E-state index in [1.54, 1.807) is 19.3 Å². The third-order valence-electron chi connectivity index (χ3n) is 7.57. The maximum absolute atomic E-state index is 13.4. The standard InChI is InChI=1S/C28H33N5O2/c1-20(34)33-14-4-5-22(19-33)18-26-27(31-13-12-30-26)28(35)32-15-9-21(10-16-32)17-23-6-2-8-25-24(23)7-3-11-29-25/h2-3,6-8,11-13,21-22H,4-5,9-10,14-19H2,1H3. The van der Waals surface area contributed by atoms with E-state index in [4.69, 9.17) is 0 Å². The number of piperidine rings is 2. The first kappa shape index (κ1) is 23.4. The van der Waals surface area contributed by atoms with Crippen molar-refractivity contribution in [2.75, 3.05) is 26.2 Å². The van der Waals surface area contributed by atoms with Gasteiger partial charge in [0.2, 0.25) is 5.91 Å². The molecule has 3 aromatic rings. The van der Waals surface area contributed by atoms with Crippen LogP contribution in [0.1, 0.15) is 54.4 Å². The number of benzene rings is 1. The number of aromatic nitrogens is 3. The van der Waals surface area contributed by atoms with Crippen molar-refractivity contribution in [3.8, 4) is 0 Å². The van der Waals surface area contributed by atoms with E-state index in [2.05, 4.69) is 39.2 Å². The van der Waals surface area contributed by atoms with Crippen LogP contribution in [0, 0.1) is 11.8 Å². The van der Waals surface area contributed by atoms with Gasteiger partial charge in [-0.05, 0) is 68.1 Å². The molecule has 7 nitrogen and oxygen atoms in total. The maximum Gasteiger partial charge on any atom is 0.274 e. The number of carbonyl (C=O) groups is 2. The van der Waals surface area contributed by atoms with Gasteiger partial charge in [-0.15, -0.1) is 0 Å². The minimum Gasteiger partial charge on any atom is -0.343 e. The first-order chi connectivity index (χ1) is 17.1. The molecule has 0 aliphatic carbocycles.